The van der Waals surface area contributed by atoms with Crippen LogP contribution in [0.5, 0.6) is 0 Å². The molecule has 6 heteroatoms. The summed E-state index contributed by atoms with van der Waals surface area (Å²) in [5.74, 6) is 1.98. The minimum atomic E-state index is -0.0665. The van der Waals surface area contributed by atoms with Crippen molar-refractivity contribution in [2.24, 2.45) is 5.92 Å². The SMILES string of the molecule is CCc1nnc([C@]23CCC[C@H]2CN(c2cnccc2C#N)C3)o1. The number of hydrogen-bond acceptors (Lipinski definition) is 6. The van der Waals surface area contributed by atoms with E-state index in [4.69, 9.17) is 4.42 Å². The van der Waals surface area contributed by atoms with Crippen LogP contribution in [0.2, 0.25) is 0 Å². The Balaban J connectivity index is 1.70. The molecule has 1 aliphatic carbocycles. The Morgan fingerprint density at radius 1 is 1.48 bits per heavy atom. The van der Waals surface area contributed by atoms with Crippen LogP contribution < -0.4 is 4.90 Å². The molecule has 2 aromatic heterocycles. The van der Waals surface area contributed by atoms with Gasteiger partial charge in [-0.25, -0.2) is 0 Å². The number of nitriles is 1. The molecular weight excluding hydrogens is 290 g/mol. The number of rotatable bonds is 3. The molecule has 0 spiro atoms. The van der Waals surface area contributed by atoms with Crippen molar-refractivity contribution in [3.05, 3.63) is 35.8 Å². The summed E-state index contributed by atoms with van der Waals surface area (Å²) in [4.78, 5) is 6.47. The number of hydrogen-bond donors (Lipinski definition) is 0. The van der Waals surface area contributed by atoms with Gasteiger partial charge in [0.25, 0.3) is 0 Å². The van der Waals surface area contributed by atoms with Crippen molar-refractivity contribution in [3.63, 3.8) is 0 Å². The molecule has 4 rings (SSSR count). The molecule has 6 nitrogen and oxygen atoms in total. The zero-order valence-corrected chi connectivity index (χ0v) is 13.2. The lowest BCUT2D eigenvalue weighted by Gasteiger charge is -2.25. The van der Waals surface area contributed by atoms with E-state index in [-0.39, 0.29) is 5.41 Å². The predicted octanol–water partition coefficient (Wildman–Crippen LogP) is 2.46. The molecule has 0 amide bonds. The zero-order chi connectivity index (χ0) is 15.9. The molecule has 2 fully saturated rings. The zero-order valence-electron chi connectivity index (χ0n) is 13.2. The Bertz CT molecular complexity index is 764. The van der Waals surface area contributed by atoms with Crippen LogP contribution in [0, 0.1) is 17.2 Å². The molecular formula is C17H19N5O. The summed E-state index contributed by atoms with van der Waals surface area (Å²) in [5.41, 5.74) is 1.53. The Labute approximate surface area is 135 Å². The molecule has 23 heavy (non-hydrogen) atoms. The van der Waals surface area contributed by atoms with Crippen LogP contribution in [0.25, 0.3) is 0 Å². The van der Waals surface area contributed by atoms with Crippen molar-refractivity contribution in [1.29, 1.82) is 5.26 Å². The molecule has 2 aromatic rings. The van der Waals surface area contributed by atoms with Crippen molar-refractivity contribution >= 4 is 5.69 Å². The molecule has 0 unspecified atom stereocenters. The first-order valence-electron chi connectivity index (χ1n) is 8.19. The van der Waals surface area contributed by atoms with Crippen LogP contribution in [0.15, 0.2) is 22.9 Å². The van der Waals surface area contributed by atoms with Crippen LogP contribution in [-0.4, -0.2) is 28.3 Å². The fraction of sp³-hybridized carbons (Fsp3) is 0.529. The third kappa shape index (κ3) is 2.11. The first kappa shape index (κ1) is 14.2. The van der Waals surface area contributed by atoms with Crippen molar-refractivity contribution in [3.8, 4) is 6.07 Å². The topological polar surface area (TPSA) is 78.8 Å². The third-order valence-electron chi connectivity index (χ3n) is 5.33. The van der Waals surface area contributed by atoms with E-state index in [0.717, 1.165) is 37.5 Å². The molecule has 0 N–H and O–H groups in total. The van der Waals surface area contributed by atoms with Gasteiger partial charge in [-0.1, -0.05) is 13.3 Å². The second-order valence-electron chi connectivity index (χ2n) is 6.48. The fourth-order valence-corrected chi connectivity index (χ4v) is 4.15. The standard InChI is InChI=1S/C17H19N5O/c1-2-15-20-21-16(23-15)17-6-3-4-13(17)10-22(11-17)14-9-19-7-5-12(14)8-18/h5,7,9,13H,2-4,6,10-11H2,1H3/t13-,17-/m0/s1. The van der Waals surface area contributed by atoms with Crippen LogP contribution >= 0.6 is 0 Å². The second-order valence-corrected chi connectivity index (χ2v) is 6.48. The van der Waals surface area contributed by atoms with Gasteiger partial charge >= 0.3 is 0 Å². The van der Waals surface area contributed by atoms with Crippen LogP contribution in [0.4, 0.5) is 5.69 Å². The lowest BCUT2D eigenvalue weighted by Crippen LogP contribution is -2.32. The minimum Gasteiger partial charge on any atom is -0.425 e. The molecule has 1 saturated heterocycles. The van der Waals surface area contributed by atoms with Crippen molar-refractivity contribution < 1.29 is 4.42 Å². The highest BCUT2D eigenvalue weighted by Crippen LogP contribution is 2.51. The van der Waals surface area contributed by atoms with E-state index in [0.29, 0.717) is 17.4 Å². The van der Waals surface area contributed by atoms with Gasteiger partial charge in [-0.2, -0.15) is 5.26 Å². The Morgan fingerprint density at radius 2 is 2.39 bits per heavy atom. The maximum atomic E-state index is 9.35. The van der Waals surface area contributed by atoms with E-state index < -0.39 is 0 Å². The minimum absolute atomic E-state index is 0.0665. The molecule has 0 aromatic carbocycles. The number of nitrogens with zero attached hydrogens (tertiary/aromatic N) is 5. The van der Waals surface area contributed by atoms with E-state index >= 15 is 0 Å². The van der Waals surface area contributed by atoms with E-state index in [2.05, 4.69) is 26.2 Å². The molecule has 2 aliphatic rings. The maximum Gasteiger partial charge on any atom is 0.224 e. The van der Waals surface area contributed by atoms with Crippen molar-refractivity contribution in [2.75, 3.05) is 18.0 Å². The summed E-state index contributed by atoms with van der Waals surface area (Å²) in [7, 11) is 0. The van der Waals surface area contributed by atoms with Gasteiger partial charge in [-0.15, -0.1) is 10.2 Å². The highest BCUT2D eigenvalue weighted by Gasteiger charge is 2.54. The lowest BCUT2D eigenvalue weighted by molar-refractivity contribution is 0.297. The Kier molecular flexibility index (Phi) is 3.29. The Hall–Kier alpha value is -2.42. The van der Waals surface area contributed by atoms with Gasteiger partial charge in [-0.05, 0) is 24.8 Å². The average Bonchev–Trinajstić information content (AvgIpc) is 3.27. The second kappa shape index (κ2) is 5.34. The molecule has 0 radical (unpaired) electrons. The first-order valence-corrected chi connectivity index (χ1v) is 8.19. The van der Waals surface area contributed by atoms with Crippen LogP contribution in [-0.2, 0) is 11.8 Å². The summed E-state index contributed by atoms with van der Waals surface area (Å²) in [5, 5.41) is 17.9. The largest absolute Gasteiger partial charge is 0.425 e. The van der Waals surface area contributed by atoms with Crippen molar-refractivity contribution in [2.45, 2.75) is 38.0 Å². The lowest BCUT2D eigenvalue weighted by atomic mass is 9.80. The van der Waals surface area contributed by atoms with Gasteiger partial charge in [0.15, 0.2) is 0 Å². The van der Waals surface area contributed by atoms with E-state index in [1.807, 2.05) is 6.92 Å². The van der Waals surface area contributed by atoms with Crippen LogP contribution in [0.1, 0.15) is 43.5 Å². The number of fused-ring (bicyclic) bond motifs is 1. The summed E-state index contributed by atoms with van der Waals surface area (Å²) in [6.07, 6.45) is 7.65. The van der Waals surface area contributed by atoms with Gasteiger partial charge in [0.1, 0.15) is 6.07 Å². The summed E-state index contributed by atoms with van der Waals surface area (Å²) < 4.78 is 5.93. The van der Waals surface area contributed by atoms with E-state index in [1.165, 1.54) is 12.8 Å². The van der Waals surface area contributed by atoms with Gasteiger partial charge in [0.2, 0.25) is 11.8 Å². The molecule has 1 saturated carbocycles. The smallest absolute Gasteiger partial charge is 0.224 e. The van der Waals surface area contributed by atoms with Crippen molar-refractivity contribution in [1.82, 2.24) is 15.2 Å². The molecule has 118 valence electrons. The summed E-state index contributed by atoms with van der Waals surface area (Å²) >= 11 is 0. The van der Waals surface area contributed by atoms with E-state index in [1.54, 1.807) is 18.5 Å². The average molecular weight is 309 g/mol. The van der Waals surface area contributed by atoms with Gasteiger partial charge in [-0.3, -0.25) is 4.98 Å². The summed E-state index contributed by atoms with van der Waals surface area (Å²) in [6, 6.07) is 4.05. The monoisotopic (exact) mass is 309 g/mol. The fourth-order valence-electron chi connectivity index (χ4n) is 4.15. The number of pyridine rings is 1. The highest BCUT2D eigenvalue weighted by molar-refractivity contribution is 5.59. The summed E-state index contributed by atoms with van der Waals surface area (Å²) in [6.45, 7) is 3.77. The molecule has 2 atom stereocenters. The normalized spacial score (nSPS) is 26.3. The first-order chi connectivity index (χ1) is 11.3. The van der Waals surface area contributed by atoms with Crippen LogP contribution in [0.3, 0.4) is 0 Å². The van der Waals surface area contributed by atoms with Gasteiger partial charge < -0.3 is 9.32 Å². The molecule has 0 bridgehead atoms. The van der Waals surface area contributed by atoms with E-state index in [9.17, 15) is 5.26 Å². The van der Waals surface area contributed by atoms with Gasteiger partial charge in [0.05, 0.1) is 22.9 Å². The number of aryl methyl sites for hydroxylation is 1. The predicted molar refractivity (Wildman–Crippen MR) is 83.9 cm³/mol. The Morgan fingerprint density at radius 3 is 3.17 bits per heavy atom. The number of anilines is 1. The molecule has 1 aliphatic heterocycles. The molecule has 3 heterocycles. The third-order valence-corrected chi connectivity index (χ3v) is 5.33. The van der Waals surface area contributed by atoms with Gasteiger partial charge in [0, 0.05) is 25.7 Å². The number of aromatic nitrogens is 3. The quantitative estimate of drug-likeness (QED) is 0.866. The maximum absolute atomic E-state index is 9.35. The highest BCUT2D eigenvalue weighted by atomic mass is 16.4.